The number of fused-ring (bicyclic) bond motifs is 1. The molecule has 3 rings (SSSR count). The number of nitrogens with zero attached hydrogens (tertiary/aromatic N) is 2. The molecule has 3 aromatic rings. The van der Waals surface area contributed by atoms with Crippen molar-refractivity contribution in [1.29, 1.82) is 0 Å². The van der Waals surface area contributed by atoms with Crippen LogP contribution in [0.15, 0.2) is 54.9 Å². The number of hydrogen-bond acceptors (Lipinski definition) is 3. The van der Waals surface area contributed by atoms with Crippen LogP contribution in [0.5, 0.6) is 0 Å². The van der Waals surface area contributed by atoms with Crippen LogP contribution in [0.1, 0.15) is 21.6 Å². The van der Waals surface area contributed by atoms with Crippen molar-refractivity contribution in [2.75, 3.05) is 0 Å². The zero-order valence-corrected chi connectivity index (χ0v) is 11.2. The number of benzene rings is 1. The molecule has 0 saturated carbocycles. The van der Waals surface area contributed by atoms with Gasteiger partial charge in [0.05, 0.1) is 5.52 Å². The Hall–Kier alpha value is -2.55. The summed E-state index contributed by atoms with van der Waals surface area (Å²) in [6.45, 7) is 2.00. The van der Waals surface area contributed by atoms with Gasteiger partial charge in [-0.25, -0.2) is 4.98 Å². The van der Waals surface area contributed by atoms with Crippen molar-refractivity contribution in [3.8, 4) is 0 Å². The molecular formula is C17H14N2O. The van der Waals surface area contributed by atoms with E-state index in [1.165, 1.54) is 0 Å². The maximum absolute atomic E-state index is 12.3. The van der Waals surface area contributed by atoms with Gasteiger partial charge in [-0.3, -0.25) is 9.78 Å². The Morgan fingerprint density at radius 2 is 2.00 bits per heavy atom. The minimum atomic E-state index is 0.0202. The Labute approximate surface area is 117 Å². The van der Waals surface area contributed by atoms with Gasteiger partial charge in [0.2, 0.25) is 0 Å². The Morgan fingerprint density at radius 1 is 1.15 bits per heavy atom. The minimum absolute atomic E-state index is 0.0202. The first kappa shape index (κ1) is 12.5. The molecule has 0 fully saturated rings. The largest absolute Gasteiger partial charge is 0.292 e. The van der Waals surface area contributed by atoms with Crippen LogP contribution in [0, 0.1) is 6.92 Å². The quantitative estimate of drug-likeness (QED) is 0.680. The summed E-state index contributed by atoms with van der Waals surface area (Å²) in [4.78, 5) is 20.8. The van der Waals surface area contributed by atoms with Crippen molar-refractivity contribution in [2.45, 2.75) is 13.3 Å². The first-order chi connectivity index (χ1) is 9.74. The predicted octanol–water partition coefficient (Wildman–Crippen LogP) is 3.36. The van der Waals surface area contributed by atoms with Gasteiger partial charge in [0.15, 0.2) is 5.78 Å². The van der Waals surface area contributed by atoms with E-state index in [-0.39, 0.29) is 5.78 Å². The van der Waals surface area contributed by atoms with E-state index in [9.17, 15) is 4.79 Å². The molecule has 0 N–H and O–H groups in total. The molecule has 3 nitrogen and oxygen atoms in total. The van der Waals surface area contributed by atoms with Crippen molar-refractivity contribution >= 4 is 16.7 Å². The second kappa shape index (κ2) is 5.21. The molecule has 0 spiro atoms. The number of ketones is 1. The molecular weight excluding hydrogens is 248 g/mol. The number of aryl methyl sites for hydroxylation is 1. The summed E-state index contributed by atoms with van der Waals surface area (Å²) in [7, 11) is 0. The number of Topliss-reactive ketones (excluding diaryl/α,β-unsaturated/α-hetero) is 1. The molecule has 0 bridgehead atoms. The highest BCUT2D eigenvalue weighted by Crippen LogP contribution is 2.18. The monoisotopic (exact) mass is 262 g/mol. The van der Waals surface area contributed by atoms with Gasteiger partial charge in [0, 0.05) is 24.2 Å². The van der Waals surface area contributed by atoms with Crippen molar-refractivity contribution < 1.29 is 4.79 Å². The van der Waals surface area contributed by atoms with Gasteiger partial charge in [0.25, 0.3) is 0 Å². The fourth-order valence-corrected chi connectivity index (χ4v) is 2.27. The summed E-state index contributed by atoms with van der Waals surface area (Å²) in [6.07, 6.45) is 3.75. The molecule has 3 heteroatoms. The van der Waals surface area contributed by atoms with Crippen LogP contribution in [0.3, 0.4) is 0 Å². The summed E-state index contributed by atoms with van der Waals surface area (Å²) >= 11 is 0. The maximum atomic E-state index is 12.3. The van der Waals surface area contributed by atoms with Crippen molar-refractivity contribution in [3.05, 3.63) is 71.7 Å². The minimum Gasteiger partial charge on any atom is -0.292 e. The lowest BCUT2D eigenvalue weighted by atomic mass is 10.0. The van der Waals surface area contributed by atoms with E-state index in [1.807, 2.05) is 49.4 Å². The van der Waals surface area contributed by atoms with Crippen LogP contribution in [0.25, 0.3) is 10.9 Å². The van der Waals surface area contributed by atoms with Gasteiger partial charge in [-0.15, -0.1) is 0 Å². The second-order valence-electron chi connectivity index (χ2n) is 4.80. The molecule has 0 aliphatic rings. The number of carbonyl (C=O) groups excluding carboxylic acids is 1. The molecule has 2 aromatic heterocycles. The van der Waals surface area contributed by atoms with Gasteiger partial charge in [-0.05, 0) is 36.2 Å². The summed E-state index contributed by atoms with van der Waals surface area (Å²) < 4.78 is 0. The van der Waals surface area contributed by atoms with Gasteiger partial charge in [0.1, 0.15) is 5.69 Å². The highest BCUT2D eigenvalue weighted by Gasteiger charge is 2.11. The second-order valence-corrected chi connectivity index (χ2v) is 4.80. The van der Waals surface area contributed by atoms with Crippen molar-refractivity contribution in [1.82, 2.24) is 9.97 Å². The van der Waals surface area contributed by atoms with Crippen molar-refractivity contribution in [3.63, 3.8) is 0 Å². The molecule has 2 heterocycles. The van der Waals surface area contributed by atoms with Gasteiger partial charge >= 0.3 is 0 Å². The zero-order valence-electron chi connectivity index (χ0n) is 11.2. The molecule has 0 radical (unpaired) electrons. The number of rotatable bonds is 3. The third-order valence-corrected chi connectivity index (χ3v) is 3.30. The smallest absolute Gasteiger partial charge is 0.185 e. The Balaban J connectivity index is 1.96. The topological polar surface area (TPSA) is 42.9 Å². The van der Waals surface area contributed by atoms with Crippen LogP contribution < -0.4 is 0 Å². The molecule has 0 unspecified atom stereocenters. The Kier molecular flexibility index (Phi) is 3.25. The normalized spacial score (nSPS) is 10.7. The van der Waals surface area contributed by atoms with E-state index in [0.29, 0.717) is 12.1 Å². The first-order valence-corrected chi connectivity index (χ1v) is 6.52. The van der Waals surface area contributed by atoms with E-state index in [0.717, 1.165) is 22.0 Å². The predicted molar refractivity (Wildman–Crippen MR) is 78.8 cm³/mol. The van der Waals surface area contributed by atoms with Gasteiger partial charge in [-0.2, -0.15) is 0 Å². The van der Waals surface area contributed by atoms with Crippen LogP contribution in [-0.4, -0.2) is 15.8 Å². The molecule has 0 amide bonds. The molecule has 20 heavy (non-hydrogen) atoms. The number of para-hydroxylation sites is 1. The number of carbonyl (C=O) groups is 1. The summed E-state index contributed by atoms with van der Waals surface area (Å²) in [5.41, 5.74) is 3.36. The summed E-state index contributed by atoms with van der Waals surface area (Å²) in [5, 5.41) is 1.09. The van der Waals surface area contributed by atoms with E-state index in [1.54, 1.807) is 12.4 Å². The van der Waals surface area contributed by atoms with Gasteiger partial charge in [-0.1, -0.05) is 24.3 Å². The summed E-state index contributed by atoms with van der Waals surface area (Å²) in [6, 6.07) is 13.5. The van der Waals surface area contributed by atoms with Crippen LogP contribution >= 0.6 is 0 Å². The van der Waals surface area contributed by atoms with Gasteiger partial charge < -0.3 is 0 Å². The highest BCUT2D eigenvalue weighted by atomic mass is 16.1. The van der Waals surface area contributed by atoms with Crippen LogP contribution in [0.2, 0.25) is 0 Å². The lowest BCUT2D eigenvalue weighted by molar-refractivity contribution is 0.0988. The molecule has 0 aliphatic heterocycles. The van der Waals surface area contributed by atoms with E-state index < -0.39 is 0 Å². The standard InChI is InChI=1S/C17H14N2O/c1-12-9-16(19-15-7-3-2-6-14(12)15)17(20)10-13-5-4-8-18-11-13/h2-9,11H,10H2,1H3. The third kappa shape index (κ3) is 2.43. The SMILES string of the molecule is Cc1cc(C(=O)Cc2cccnc2)nc2ccccc12. The van der Waals surface area contributed by atoms with Crippen LogP contribution in [-0.2, 0) is 6.42 Å². The highest BCUT2D eigenvalue weighted by molar-refractivity contribution is 5.98. The average molecular weight is 262 g/mol. The zero-order chi connectivity index (χ0) is 13.9. The molecule has 98 valence electrons. The van der Waals surface area contributed by atoms with Crippen molar-refractivity contribution in [2.24, 2.45) is 0 Å². The third-order valence-electron chi connectivity index (χ3n) is 3.30. The first-order valence-electron chi connectivity index (χ1n) is 6.52. The lowest BCUT2D eigenvalue weighted by Gasteiger charge is -2.05. The fraction of sp³-hybridized carbons (Fsp3) is 0.118. The number of pyridine rings is 2. The Morgan fingerprint density at radius 3 is 2.80 bits per heavy atom. The molecule has 0 atom stereocenters. The van der Waals surface area contributed by atoms with E-state index in [4.69, 9.17) is 0 Å². The van der Waals surface area contributed by atoms with Crippen LogP contribution in [0.4, 0.5) is 0 Å². The Bertz CT molecular complexity index is 766. The molecule has 0 saturated heterocycles. The summed E-state index contributed by atoms with van der Waals surface area (Å²) in [5.74, 6) is 0.0202. The maximum Gasteiger partial charge on any atom is 0.185 e. The number of aromatic nitrogens is 2. The van der Waals surface area contributed by atoms with E-state index in [2.05, 4.69) is 9.97 Å². The molecule has 1 aromatic carbocycles. The lowest BCUT2D eigenvalue weighted by Crippen LogP contribution is -2.07. The number of hydrogen-bond donors (Lipinski definition) is 0. The molecule has 0 aliphatic carbocycles. The fourth-order valence-electron chi connectivity index (χ4n) is 2.27. The van der Waals surface area contributed by atoms with E-state index >= 15 is 0 Å². The average Bonchev–Trinajstić information content (AvgIpc) is 2.48.